The normalized spacial score (nSPS) is 12.4. The minimum Gasteiger partial charge on any atom is -0.466 e. The van der Waals surface area contributed by atoms with Crippen molar-refractivity contribution in [2.45, 2.75) is 26.8 Å². The van der Waals surface area contributed by atoms with Crippen molar-refractivity contribution in [3.8, 4) is 0 Å². The van der Waals surface area contributed by atoms with E-state index in [1.54, 1.807) is 0 Å². The molecule has 4 nitrogen and oxygen atoms in total. The average Bonchev–Trinajstić information content (AvgIpc) is 2.46. The molecule has 0 radical (unpaired) electrons. The Hall–Kier alpha value is -1.39. The molecular weight excluding hydrogens is 252 g/mol. The summed E-state index contributed by atoms with van der Waals surface area (Å²) in [5.41, 5.74) is 6.84. The Kier molecular flexibility index (Phi) is 7.92. The molecule has 112 valence electrons. The summed E-state index contributed by atoms with van der Waals surface area (Å²) in [4.78, 5) is 14.0. The zero-order valence-electron chi connectivity index (χ0n) is 12.5. The highest BCUT2D eigenvalue weighted by atomic mass is 16.5. The van der Waals surface area contributed by atoms with Gasteiger partial charge in [0.1, 0.15) is 0 Å². The van der Waals surface area contributed by atoms with Gasteiger partial charge in [0, 0.05) is 13.1 Å². The lowest BCUT2D eigenvalue weighted by Gasteiger charge is -2.24. The number of esters is 1. The maximum absolute atomic E-state index is 11.7. The minimum atomic E-state index is -0.127. The Morgan fingerprint density at radius 1 is 1.35 bits per heavy atom. The third kappa shape index (κ3) is 6.17. The molecule has 0 bridgehead atoms. The van der Waals surface area contributed by atoms with E-state index in [0.717, 1.165) is 19.5 Å². The van der Waals surface area contributed by atoms with Crippen LogP contribution in [0.5, 0.6) is 0 Å². The second-order valence-electron chi connectivity index (χ2n) is 5.02. The van der Waals surface area contributed by atoms with Crippen molar-refractivity contribution in [1.29, 1.82) is 0 Å². The van der Waals surface area contributed by atoms with Crippen LogP contribution in [0.25, 0.3) is 0 Å². The van der Waals surface area contributed by atoms with Crippen LogP contribution >= 0.6 is 0 Å². The predicted octanol–water partition coefficient (Wildman–Crippen LogP) is 2.04. The fourth-order valence-electron chi connectivity index (χ4n) is 2.14. The van der Waals surface area contributed by atoms with Crippen molar-refractivity contribution in [1.82, 2.24) is 4.90 Å². The van der Waals surface area contributed by atoms with Gasteiger partial charge in [-0.05, 0) is 32.0 Å². The lowest BCUT2D eigenvalue weighted by molar-refractivity contribution is -0.148. The van der Waals surface area contributed by atoms with Gasteiger partial charge in [0.25, 0.3) is 0 Å². The van der Waals surface area contributed by atoms with Crippen LogP contribution < -0.4 is 5.73 Å². The summed E-state index contributed by atoms with van der Waals surface area (Å²) in [5, 5.41) is 0. The molecule has 1 rings (SSSR count). The zero-order chi connectivity index (χ0) is 14.8. The van der Waals surface area contributed by atoms with E-state index in [4.69, 9.17) is 10.5 Å². The molecule has 0 heterocycles. The summed E-state index contributed by atoms with van der Waals surface area (Å²) in [6.07, 6.45) is 0.933. The number of rotatable bonds is 9. The van der Waals surface area contributed by atoms with Crippen LogP contribution in [0.15, 0.2) is 30.3 Å². The summed E-state index contributed by atoms with van der Waals surface area (Å²) in [6.45, 7) is 7.29. The molecule has 2 N–H and O–H groups in total. The Morgan fingerprint density at radius 2 is 2.05 bits per heavy atom. The smallest absolute Gasteiger partial charge is 0.309 e. The van der Waals surface area contributed by atoms with Gasteiger partial charge in [-0.15, -0.1) is 0 Å². The summed E-state index contributed by atoms with van der Waals surface area (Å²) in [7, 11) is 0. The molecule has 4 heteroatoms. The molecular formula is C16H26N2O2. The first-order valence-electron chi connectivity index (χ1n) is 7.30. The van der Waals surface area contributed by atoms with Crippen molar-refractivity contribution in [2.75, 3.05) is 26.2 Å². The standard InChI is InChI=1S/C16H26N2O2/c1-3-20-16(19)14(2)12-18(11-7-10-17)13-15-8-5-4-6-9-15/h4-6,8-9,14H,3,7,10-13,17H2,1-2H3. The maximum atomic E-state index is 11.7. The Labute approximate surface area is 121 Å². The molecule has 20 heavy (non-hydrogen) atoms. The van der Waals surface area contributed by atoms with Gasteiger partial charge in [-0.3, -0.25) is 9.69 Å². The zero-order valence-corrected chi connectivity index (χ0v) is 12.5. The maximum Gasteiger partial charge on any atom is 0.309 e. The summed E-state index contributed by atoms with van der Waals surface area (Å²) >= 11 is 0. The van der Waals surface area contributed by atoms with Crippen LogP contribution in [0.2, 0.25) is 0 Å². The largest absolute Gasteiger partial charge is 0.466 e. The number of nitrogens with zero attached hydrogens (tertiary/aromatic N) is 1. The first-order chi connectivity index (χ1) is 9.67. The number of nitrogens with two attached hydrogens (primary N) is 1. The first-order valence-corrected chi connectivity index (χ1v) is 7.30. The number of carbonyl (C=O) groups is 1. The lowest BCUT2D eigenvalue weighted by Crippen LogP contribution is -2.33. The highest BCUT2D eigenvalue weighted by molar-refractivity contribution is 5.72. The fraction of sp³-hybridized carbons (Fsp3) is 0.562. The van der Waals surface area contributed by atoms with Crippen LogP contribution in [-0.2, 0) is 16.1 Å². The van der Waals surface area contributed by atoms with Crippen molar-refractivity contribution in [3.05, 3.63) is 35.9 Å². The average molecular weight is 278 g/mol. The van der Waals surface area contributed by atoms with Crippen LogP contribution in [0.1, 0.15) is 25.8 Å². The second-order valence-corrected chi connectivity index (χ2v) is 5.02. The van der Waals surface area contributed by atoms with E-state index < -0.39 is 0 Å². The molecule has 0 aliphatic heterocycles. The minimum absolute atomic E-state index is 0.114. The number of hydrogen-bond donors (Lipinski definition) is 1. The molecule has 1 aromatic carbocycles. The highest BCUT2D eigenvalue weighted by Gasteiger charge is 2.18. The van der Waals surface area contributed by atoms with Gasteiger partial charge >= 0.3 is 5.97 Å². The van der Waals surface area contributed by atoms with E-state index in [-0.39, 0.29) is 11.9 Å². The molecule has 0 aliphatic rings. The van der Waals surface area contributed by atoms with Crippen LogP contribution in [0.4, 0.5) is 0 Å². The van der Waals surface area contributed by atoms with Crippen LogP contribution in [-0.4, -0.2) is 37.1 Å². The third-order valence-electron chi connectivity index (χ3n) is 3.15. The molecule has 0 aromatic heterocycles. The molecule has 0 aliphatic carbocycles. The second kappa shape index (κ2) is 9.50. The van der Waals surface area contributed by atoms with Crippen molar-refractivity contribution < 1.29 is 9.53 Å². The number of hydrogen-bond acceptors (Lipinski definition) is 4. The molecule has 0 amide bonds. The Bertz CT molecular complexity index is 381. The van der Waals surface area contributed by atoms with Crippen LogP contribution in [0, 0.1) is 5.92 Å². The van der Waals surface area contributed by atoms with Gasteiger partial charge in [0.15, 0.2) is 0 Å². The van der Waals surface area contributed by atoms with Gasteiger partial charge in [0.2, 0.25) is 0 Å². The molecule has 0 saturated carbocycles. The molecule has 1 atom stereocenters. The van der Waals surface area contributed by atoms with Crippen molar-refractivity contribution >= 4 is 5.97 Å². The Balaban J connectivity index is 2.57. The van der Waals surface area contributed by atoms with E-state index in [2.05, 4.69) is 17.0 Å². The quantitative estimate of drug-likeness (QED) is 0.702. The van der Waals surface area contributed by atoms with Crippen molar-refractivity contribution in [2.24, 2.45) is 11.7 Å². The lowest BCUT2D eigenvalue weighted by atomic mass is 10.1. The summed E-state index contributed by atoms with van der Waals surface area (Å²) in [5.74, 6) is -0.241. The number of benzene rings is 1. The van der Waals surface area contributed by atoms with E-state index in [9.17, 15) is 4.79 Å². The van der Waals surface area contributed by atoms with E-state index in [0.29, 0.717) is 19.7 Å². The topological polar surface area (TPSA) is 55.6 Å². The SMILES string of the molecule is CCOC(=O)C(C)CN(CCCN)Cc1ccccc1. The first kappa shape index (κ1) is 16.7. The number of ether oxygens (including phenoxy) is 1. The van der Waals surface area contributed by atoms with Crippen LogP contribution in [0.3, 0.4) is 0 Å². The van der Waals surface area contributed by atoms with Gasteiger partial charge in [-0.1, -0.05) is 37.3 Å². The van der Waals surface area contributed by atoms with Crippen molar-refractivity contribution in [3.63, 3.8) is 0 Å². The van der Waals surface area contributed by atoms with Gasteiger partial charge < -0.3 is 10.5 Å². The molecule has 0 saturated heterocycles. The third-order valence-corrected chi connectivity index (χ3v) is 3.15. The van der Waals surface area contributed by atoms with E-state index >= 15 is 0 Å². The fourth-order valence-corrected chi connectivity index (χ4v) is 2.14. The monoisotopic (exact) mass is 278 g/mol. The van der Waals surface area contributed by atoms with E-state index in [1.165, 1.54) is 5.56 Å². The van der Waals surface area contributed by atoms with Gasteiger partial charge in [0.05, 0.1) is 12.5 Å². The summed E-state index contributed by atoms with van der Waals surface area (Å²) < 4.78 is 5.07. The summed E-state index contributed by atoms with van der Waals surface area (Å²) in [6, 6.07) is 10.3. The molecule has 0 spiro atoms. The van der Waals surface area contributed by atoms with E-state index in [1.807, 2.05) is 32.0 Å². The molecule has 1 unspecified atom stereocenters. The predicted molar refractivity (Wildman–Crippen MR) is 81.2 cm³/mol. The highest BCUT2D eigenvalue weighted by Crippen LogP contribution is 2.09. The Morgan fingerprint density at radius 3 is 2.65 bits per heavy atom. The number of carbonyl (C=O) groups excluding carboxylic acids is 1. The van der Waals surface area contributed by atoms with Gasteiger partial charge in [-0.2, -0.15) is 0 Å². The molecule has 0 fully saturated rings. The molecule has 1 aromatic rings. The van der Waals surface area contributed by atoms with Gasteiger partial charge in [-0.25, -0.2) is 0 Å².